The van der Waals surface area contributed by atoms with E-state index in [4.69, 9.17) is 16.9 Å². The number of pyridine rings is 1. The lowest BCUT2D eigenvalue weighted by Crippen LogP contribution is -2.13. The van der Waals surface area contributed by atoms with Gasteiger partial charge in [0.25, 0.3) is 5.91 Å². The first kappa shape index (κ1) is 14.5. The fourth-order valence-corrected chi connectivity index (χ4v) is 2.28. The molecule has 1 N–H and O–H groups in total. The molecule has 1 amide bonds. The zero-order valence-corrected chi connectivity index (χ0v) is 12.8. The van der Waals surface area contributed by atoms with Crippen molar-refractivity contribution in [2.24, 2.45) is 0 Å². The van der Waals surface area contributed by atoms with E-state index in [0.717, 1.165) is 4.47 Å². The molecule has 0 radical (unpaired) electrons. The minimum absolute atomic E-state index is 0.255. The molecule has 0 bridgehead atoms. The van der Waals surface area contributed by atoms with Gasteiger partial charge in [0.1, 0.15) is 11.2 Å². The zero-order chi connectivity index (χ0) is 14.7. The summed E-state index contributed by atoms with van der Waals surface area (Å²) in [5, 5.41) is 12.0. The summed E-state index contributed by atoms with van der Waals surface area (Å²) in [6.07, 6.45) is 0. The molecular formula is C14H9BrClN3O. The number of carbonyl (C=O) groups excluding carboxylic acids is 1. The Morgan fingerprint density at radius 1 is 1.40 bits per heavy atom. The molecule has 0 fully saturated rings. The second-order valence-electron chi connectivity index (χ2n) is 4.08. The minimum Gasteiger partial charge on any atom is -0.321 e. The highest BCUT2D eigenvalue weighted by atomic mass is 79.9. The van der Waals surface area contributed by atoms with Gasteiger partial charge in [-0.1, -0.05) is 27.5 Å². The smallest absolute Gasteiger partial charge is 0.255 e. The highest BCUT2D eigenvalue weighted by Crippen LogP contribution is 2.22. The largest absolute Gasteiger partial charge is 0.321 e. The van der Waals surface area contributed by atoms with E-state index in [1.807, 2.05) is 6.07 Å². The van der Waals surface area contributed by atoms with Gasteiger partial charge in [0.05, 0.1) is 11.3 Å². The van der Waals surface area contributed by atoms with Crippen LogP contribution in [0.4, 0.5) is 5.69 Å². The fraction of sp³-hybridized carbons (Fsp3) is 0.0714. The number of carbonyl (C=O) groups is 1. The second kappa shape index (κ2) is 6.04. The van der Waals surface area contributed by atoms with Gasteiger partial charge in [0.15, 0.2) is 0 Å². The van der Waals surface area contributed by atoms with Crippen LogP contribution in [0.3, 0.4) is 0 Å². The van der Waals surface area contributed by atoms with Gasteiger partial charge in [0.2, 0.25) is 0 Å². The molecule has 0 atom stereocenters. The van der Waals surface area contributed by atoms with E-state index in [2.05, 4.69) is 26.2 Å². The molecule has 1 aromatic heterocycles. The molecule has 0 aliphatic heterocycles. The number of hydrogen-bond donors (Lipinski definition) is 1. The maximum Gasteiger partial charge on any atom is 0.255 e. The summed E-state index contributed by atoms with van der Waals surface area (Å²) in [7, 11) is 0. The van der Waals surface area contributed by atoms with Crippen molar-refractivity contribution in [3.05, 3.63) is 56.8 Å². The number of halogens is 2. The third-order valence-electron chi connectivity index (χ3n) is 2.53. The molecule has 4 nitrogen and oxygen atoms in total. The summed E-state index contributed by atoms with van der Waals surface area (Å²) >= 11 is 9.13. The standard InChI is InChI=1S/C14H9BrClN3O/c1-8-4-10(5-13(16)18-8)14(20)19-12-6-11(15)3-2-9(12)7-17/h2-6H,1H3,(H,19,20). The highest BCUT2D eigenvalue weighted by Gasteiger charge is 2.11. The maximum absolute atomic E-state index is 12.2. The summed E-state index contributed by atoms with van der Waals surface area (Å²) in [4.78, 5) is 16.2. The Labute approximate surface area is 129 Å². The molecule has 0 unspecified atom stereocenters. The van der Waals surface area contributed by atoms with Gasteiger partial charge in [-0.2, -0.15) is 5.26 Å². The first-order valence-corrected chi connectivity index (χ1v) is 6.82. The van der Waals surface area contributed by atoms with E-state index in [1.165, 1.54) is 6.07 Å². The average Bonchev–Trinajstić information content (AvgIpc) is 2.37. The predicted octanol–water partition coefficient (Wildman–Crippen LogP) is 3.93. The molecule has 0 spiro atoms. The predicted molar refractivity (Wildman–Crippen MR) is 80.8 cm³/mol. The first-order valence-electron chi connectivity index (χ1n) is 5.65. The molecule has 0 saturated carbocycles. The van der Waals surface area contributed by atoms with Crippen molar-refractivity contribution >= 4 is 39.1 Å². The summed E-state index contributed by atoms with van der Waals surface area (Å²) in [5.41, 5.74) is 1.87. The Morgan fingerprint density at radius 3 is 2.80 bits per heavy atom. The lowest BCUT2D eigenvalue weighted by molar-refractivity contribution is 0.102. The Morgan fingerprint density at radius 2 is 2.15 bits per heavy atom. The quantitative estimate of drug-likeness (QED) is 0.835. The minimum atomic E-state index is -0.341. The zero-order valence-electron chi connectivity index (χ0n) is 10.4. The molecule has 0 aliphatic carbocycles. The molecule has 6 heteroatoms. The van der Waals surface area contributed by atoms with Crippen molar-refractivity contribution < 1.29 is 4.79 Å². The second-order valence-corrected chi connectivity index (χ2v) is 5.38. The van der Waals surface area contributed by atoms with Crippen LogP contribution < -0.4 is 5.32 Å². The number of nitriles is 1. The van der Waals surface area contributed by atoms with Crippen LogP contribution in [-0.4, -0.2) is 10.9 Å². The van der Waals surface area contributed by atoms with Gasteiger partial charge in [0, 0.05) is 15.7 Å². The molecule has 1 heterocycles. The number of aryl methyl sites for hydroxylation is 1. The van der Waals surface area contributed by atoms with E-state index >= 15 is 0 Å². The lowest BCUT2D eigenvalue weighted by Gasteiger charge is -2.08. The third kappa shape index (κ3) is 3.35. The molecule has 2 rings (SSSR count). The summed E-state index contributed by atoms with van der Waals surface area (Å²) < 4.78 is 0.774. The van der Waals surface area contributed by atoms with Gasteiger partial charge in [-0.15, -0.1) is 0 Å². The van der Waals surface area contributed by atoms with Crippen LogP contribution in [0.25, 0.3) is 0 Å². The van der Waals surface area contributed by atoms with E-state index in [9.17, 15) is 4.79 Å². The number of hydrogen-bond acceptors (Lipinski definition) is 3. The van der Waals surface area contributed by atoms with Crippen molar-refractivity contribution in [1.29, 1.82) is 5.26 Å². The molecule has 20 heavy (non-hydrogen) atoms. The molecule has 1 aromatic carbocycles. The van der Waals surface area contributed by atoms with Crippen molar-refractivity contribution in [3.63, 3.8) is 0 Å². The van der Waals surface area contributed by atoms with Crippen molar-refractivity contribution in [3.8, 4) is 6.07 Å². The number of benzene rings is 1. The number of nitrogens with zero attached hydrogens (tertiary/aromatic N) is 2. The Kier molecular flexibility index (Phi) is 4.38. The van der Waals surface area contributed by atoms with Crippen LogP contribution in [0.1, 0.15) is 21.6 Å². The summed E-state index contributed by atoms with van der Waals surface area (Å²) in [6, 6.07) is 10.2. The summed E-state index contributed by atoms with van der Waals surface area (Å²) in [5.74, 6) is -0.341. The van der Waals surface area contributed by atoms with E-state index in [0.29, 0.717) is 22.5 Å². The van der Waals surface area contributed by atoms with Gasteiger partial charge >= 0.3 is 0 Å². The van der Waals surface area contributed by atoms with Crippen LogP contribution in [0.15, 0.2) is 34.8 Å². The molecular weight excluding hydrogens is 342 g/mol. The average molecular weight is 351 g/mol. The van der Waals surface area contributed by atoms with Crippen molar-refractivity contribution in [2.45, 2.75) is 6.92 Å². The molecule has 0 aliphatic rings. The van der Waals surface area contributed by atoms with Crippen LogP contribution in [0.2, 0.25) is 5.15 Å². The topological polar surface area (TPSA) is 65.8 Å². The Hall–Kier alpha value is -1.90. The lowest BCUT2D eigenvalue weighted by atomic mass is 10.1. The molecule has 0 saturated heterocycles. The highest BCUT2D eigenvalue weighted by molar-refractivity contribution is 9.10. The Bertz CT molecular complexity index is 705. The third-order valence-corrected chi connectivity index (χ3v) is 3.22. The molecule has 2 aromatic rings. The van der Waals surface area contributed by atoms with Gasteiger partial charge in [-0.25, -0.2) is 4.98 Å². The monoisotopic (exact) mass is 349 g/mol. The van der Waals surface area contributed by atoms with E-state index in [1.54, 1.807) is 31.2 Å². The Balaban J connectivity index is 2.32. The summed E-state index contributed by atoms with van der Waals surface area (Å²) in [6.45, 7) is 1.75. The van der Waals surface area contributed by atoms with Gasteiger partial charge in [-0.3, -0.25) is 4.79 Å². The van der Waals surface area contributed by atoms with Crippen molar-refractivity contribution in [1.82, 2.24) is 4.98 Å². The first-order chi connectivity index (χ1) is 9.49. The SMILES string of the molecule is Cc1cc(C(=O)Nc2cc(Br)ccc2C#N)cc(Cl)n1. The van der Waals surface area contributed by atoms with E-state index in [-0.39, 0.29) is 11.1 Å². The van der Waals surface area contributed by atoms with Crippen LogP contribution in [0.5, 0.6) is 0 Å². The number of amides is 1. The fourth-order valence-electron chi connectivity index (χ4n) is 1.67. The maximum atomic E-state index is 12.2. The van der Waals surface area contributed by atoms with Gasteiger partial charge in [-0.05, 0) is 37.3 Å². The van der Waals surface area contributed by atoms with E-state index < -0.39 is 0 Å². The number of nitrogens with one attached hydrogen (secondary N) is 1. The van der Waals surface area contributed by atoms with Gasteiger partial charge < -0.3 is 5.32 Å². The van der Waals surface area contributed by atoms with Crippen LogP contribution >= 0.6 is 27.5 Å². The number of aromatic nitrogens is 1. The number of rotatable bonds is 2. The van der Waals surface area contributed by atoms with Crippen LogP contribution in [0, 0.1) is 18.3 Å². The molecule has 100 valence electrons. The normalized spacial score (nSPS) is 9.90. The van der Waals surface area contributed by atoms with Crippen LogP contribution in [-0.2, 0) is 0 Å². The van der Waals surface area contributed by atoms with Crippen molar-refractivity contribution in [2.75, 3.05) is 5.32 Å². The number of anilines is 1.